The molecule has 70 valence electrons. The molecule has 0 fully saturated rings. The molecule has 0 aliphatic carbocycles. The smallest absolute Gasteiger partial charge is 0.0801 e. The maximum atomic E-state index is 5.43. The summed E-state index contributed by atoms with van der Waals surface area (Å²) in [6.07, 6.45) is 1.97. The predicted octanol–water partition coefficient (Wildman–Crippen LogP) is 1.79. The van der Waals surface area contributed by atoms with Gasteiger partial charge in [0.25, 0.3) is 0 Å². The van der Waals surface area contributed by atoms with Crippen LogP contribution < -0.4 is 0 Å². The zero-order chi connectivity index (χ0) is 9.40. The monoisotopic (exact) mass is 170 g/mol. The molecule has 3 heteroatoms. The van der Waals surface area contributed by atoms with Crippen LogP contribution in [0.1, 0.15) is 27.2 Å². The molecule has 1 unspecified atom stereocenters. The Morgan fingerprint density at radius 1 is 1.25 bits per heavy atom. The fourth-order valence-corrected chi connectivity index (χ4v) is 0.936. The zero-order valence-electron chi connectivity index (χ0n) is 8.38. The molecule has 0 N–H and O–H groups in total. The van der Waals surface area contributed by atoms with Crippen molar-refractivity contribution in [2.45, 2.75) is 45.7 Å². The third-order valence-corrected chi connectivity index (χ3v) is 1.51. The van der Waals surface area contributed by atoms with Crippen molar-refractivity contribution in [3.05, 3.63) is 0 Å². The third-order valence-electron chi connectivity index (χ3n) is 1.51. The summed E-state index contributed by atoms with van der Waals surface area (Å²) in [5.41, 5.74) is 0. The second-order valence-electron chi connectivity index (χ2n) is 3.04. The SMILES string of the molecule is [B]CCC(COC(C)C)OCC. The van der Waals surface area contributed by atoms with Crippen LogP contribution in [0.4, 0.5) is 0 Å². The van der Waals surface area contributed by atoms with Crippen LogP contribution in [0.3, 0.4) is 0 Å². The van der Waals surface area contributed by atoms with Crippen LogP contribution in [0.5, 0.6) is 0 Å². The van der Waals surface area contributed by atoms with Gasteiger partial charge in [0.05, 0.1) is 26.7 Å². The second-order valence-corrected chi connectivity index (χ2v) is 3.04. The molecule has 0 aliphatic rings. The van der Waals surface area contributed by atoms with Crippen LogP contribution in [0.15, 0.2) is 0 Å². The minimum atomic E-state index is 0.169. The Morgan fingerprint density at radius 2 is 1.92 bits per heavy atom. The molecule has 12 heavy (non-hydrogen) atoms. The Hall–Kier alpha value is -0.0151. The summed E-state index contributed by atoms with van der Waals surface area (Å²) in [6, 6.07) is 0. The number of hydrogen-bond acceptors (Lipinski definition) is 2. The van der Waals surface area contributed by atoms with Gasteiger partial charge in [-0.1, -0.05) is 6.32 Å². The van der Waals surface area contributed by atoms with Gasteiger partial charge in [-0.3, -0.25) is 0 Å². The van der Waals surface area contributed by atoms with E-state index >= 15 is 0 Å². The zero-order valence-corrected chi connectivity index (χ0v) is 8.38. The molecular formula is C9H19BO2. The molecule has 2 nitrogen and oxygen atoms in total. The van der Waals surface area contributed by atoms with Crippen molar-refractivity contribution < 1.29 is 9.47 Å². The summed E-state index contributed by atoms with van der Waals surface area (Å²) in [5.74, 6) is 0. The maximum absolute atomic E-state index is 5.43. The molecule has 0 heterocycles. The van der Waals surface area contributed by atoms with Crippen molar-refractivity contribution in [3.63, 3.8) is 0 Å². The lowest BCUT2D eigenvalue weighted by atomic mass is 9.99. The van der Waals surface area contributed by atoms with Gasteiger partial charge in [0.1, 0.15) is 0 Å². The van der Waals surface area contributed by atoms with E-state index < -0.39 is 0 Å². The molecule has 0 saturated carbocycles. The highest BCUT2D eigenvalue weighted by Crippen LogP contribution is 2.03. The normalized spacial score (nSPS) is 13.7. The molecule has 0 saturated heterocycles. The van der Waals surface area contributed by atoms with Gasteiger partial charge in [0, 0.05) is 6.61 Å². The summed E-state index contributed by atoms with van der Waals surface area (Å²) in [5, 5.41) is 0. The summed E-state index contributed by atoms with van der Waals surface area (Å²) >= 11 is 0. The minimum Gasteiger partial charge on any atom is -0.376 e. The minimum absolute atomic E-state index is 0.169. The van der Waals surface area contributed by atoms with Crippen molar-refractivity contribution in [2.75, 3.05) is 13.2 Å². The molecule has 1 atom stereocenters. The van der Waals surface area contributed by atoms with Crippen LogP contribution >= 0.6 is 0 Å². The Kier molecular flexibility index (Phi) is 7.62. The standard InChI is InChI=1S/C9H19BO2/c1-4-11-9(5-6-10)7-12-8(2)3/h8-9H,4-7H2,1-3H3. The van der Waals surface area contributed by atoms with Gasteiger partial charge in [-0.25, -0.2) is 0 Å². The Labute approximate surface area is 77.0 Å². The fraction of sp³-hybridized carbons (Fsp3) is 1.00. The van der Waals surface area contributed by atoms with Crippen molar-refractivity contribution in [1.82, 2.24) is 0 Å². The lowest BCUT2D eigenvalue weighted by molar-refractivity contribution is -0.0321. The van der Waals surface area contributed by atoms with E-state index in [4.69, 9.17) is 17.3 Å². The Morgan fingerprint density at radius 3 is 2.33 bits per heavy atom. The Bertz CT molecular complexity index is 90.5. The molecule has 0 rings (SSSR count). The first-order valence-electron chi connectivity index (χ1n) is 4.64. The molecule has 0 spiro atoms. The van der Waals surface area contributed by atoms with E-state index in [1.54, 1.807) is 0 Å². The highest BCUT2D eigenvalue weighted by molar-refractivity contribution is 6.08. The van der Waals surface area contributed by atoms with Crippen molar-refractivity contribution in [1.29, 1.82) is 0 Å². The summed E-state index contributed by atoms with van der Waals surface area (Å²) < 4.78 is 10.9. The fourth-order valence-electron chi connectivity index (χ4n) is 0.936. The van der Waals surface area contributed by atoms with E-state index in [-0.39, 0.29) is 12.2 Å². The van der Waals surface area contributed by atoms with Gasteiger partial charge in [0.2, 0.25) is 0 Å². The quantitative estimate of drug-likeness (QED) is 0.542. The van der Waals surface area contributed by atoms with Gasteiger partial charge in [-0.2, -0.15) is 0 Å². The van der Waals surface area contributed by atoms with Gasteiger partial charge in [-0.05, 0) is 27.2 Å². The van der Waals surface area contributed by atoms with Crippen molar-refractivity contribution >= 4 is 7.85 Å². The van der Waals surface area contributed by atoms with E-state index in [1.807, 2.05) is 20.8 Å². The third kappa shape index (κ3) is 6.68. The number of ether oxygens (including phenoxy) is 2. The van der Waals surface area contributed by atoms with Gasteiger partial charge < -0.3 is 9.47 Å². The van der Waals surface area contributed by atoms with E-state index in [1.165, 1.54) is 0 Å². The van der Waals surface area contributed by atoms with Crippen molar-refractivity contribution in [2.24, 2.45) is 0 Å². The van der Waals surface area contributed by atoms with Gasteiger partial charge in [0.15, 0.2) is 0 Å². The molecular weight excluding hydrogens is 151 g/mol. The summed E-state index contributed by atoms with van der Waals surface area (Å²) in [7, 11) is 5.43. The van der Waals surface area contributed by atoms with Crippen LogP contribution in [-0.2, 0) is 9.47 Å². The number of rotatable bonds is 7. The molecule has 2 radical (unpaired) electrons. The van der Waals surface area contributed by atoms with E-state index in [0.29, 0.717) is 12.9 Å². The first-order chi connectivity index (χ1) is 5.70. The number of hydrogen-bond donors (Lipinski definition) is 0. The van der Waals surface area contributed by atoms with Crippen LogP contribution in [0.25, 0.3) is 0 Å². The molecule has 0 aromatic heterocycles. The Balaban J connectivity index is 3.48. The lowest BCUT2D eigenvalue weighted by Crippen LogP contribution is -2.22. The second kappa shape index (κ2) is 7.62. The molecule has 0 aliphatic heterocycles. The summed E-state index contributed by atoms with van der Waals surface area (Å²) in [6.45, 7) is 7.41. The molecule has 0 amide bonds. The topological polar surface area (TPSA) is 18.5 Å². The van der Waals surface area contributed by atoms with Crippen LogP contribution in [0, 0.1) is 0 Å². The predicted molar refractivity (Wildman–Crippen MR) is 51.7 cm³/mol. The molecule has 0 aromatic rings. The van der Waals surface area contributed by atoms with E-state index in [0.717, 1.165) is 13.0 Å². The average Bonchev–Trinajstić information content (AvgIpc) is 2.01. The van der Waals surface area contributed by atoms with E-state index in [2.05, 4.69) is 0 Å². The largest absolute Gasteiger partial charge is 0.376 e. The highest BCUT2D eigenvalue weighted by atomic mass is 16.5. The first-order valence-corrected chi connectivity index (χ1v) is 4.64. The summed E-state index contributed by atoms with van der Waals surface area (Å²) in [4.78, 5) is 0. The van der Waals surface area contributed by atoms with Crippen LogP contribution in [-0.4, -0.2) is 33.3 Å². The molecule has 0 bridgehead atoms. The average molecular weight is 170 g/mol. The van der Waals surface area contributed by atoms with Crippen molar-refractivity contribution in [3.8, 4) is 0 Å². The van der Waals surface area contributed by atoms with E-state index in [9.17, 15) is 0 Å². The molecule has 0 aromatic carbocycles. The van der Waals surface area contributed by atoms with Gasteiger partial charge in [-0.15, -0.1) is 0 Å². The first kappa shape index (κ1) is 12.0. The maximum Gasteiger partial charge on any atom is 0.0801 e. The van der Waals surface area contributed by atoms with Gasteiger partial charge >= 0.3 is 0 Å². The van der Waals surface area contributed by atoms with Crippen LogP contribution in [0.2, 0.25) is 6.32 Å². The lowest BCUT2D eigenvalue weighted by Gasteiger charge is -2.17. The highest BCUT2D eigenvalue weighted by Gasteiger charge is 2.07.